The maximum atomic E-state index is 4.56. The predicted octanol–water partition coefficient (Wildman–Crippen LogP) is 2.30. The number of pyridine rings is 1. The molecule has 0 unspecified atom stereocenters. The molecule has 0 radical (unpaired) electrons. The summed E-state index contributed by atoms with van der Waals surface area (Å²) in [5.74, 6) is 2.10. The quantitative estimate of drug-likeness (QED) is 0.756. The molecule has 0 atom stereocenters. The van der Waals surface area contributed by atoms with Crippen LogP contribution < -0.4 is 4.90 Å². The third kappa shape index (κ3) is 2.56. The molecule has 96 valence electrons. The summed E-state index contributed by atoms with van der Waals surface area (Å²) in [6.45, 7) is 9.25. The van der Waals surface area contributed by atoms with Gasteiger partial charge in [-0.05, 0) is 24.8 Å². The lowest BCUT2D eigenvalue weighted by Crippen LogP contribution is -2.32. The van der Waals surface area contributed by atoms with Gasteiger partial charge < -0.3 is 4.90 Å². The fourth-order valence-corrected chi connectivity index (χ4v) is 2.68. The standard InChI is InChI=1S/C15H21N3/c1-2-8-18-10-9-17(11-13-5-6-13)12-14-4-3-7-16-15(14)18/h2-4,7,13H,1,5-6,8-12H2. The number of nitrogens with zero attached hydrogens (tertiary/aromatic N) is 3. The van der Waals surface area contributed by atoms with E-state index in [2.05, 4.69) is 27.4 Å². The van der Waals surface area contributed by atoms with Crippen LogP contribution in [0.1, 0.15) is 18.4 Å². The Morgan fingerprint density at radius 2 is 2.28 bits per heavy atom. The third-order valence-corrected chi connectivity index (χ3v) is 3.81. The van der Waals surface area contributed by atoms with Gasteiger partial charge >= 0.3 is 0 Å². The molecule has 1 aromatic heterocycles. The maximum absolute atomic E-state index is 4.56. The molecule has 2 heterocycles. The molecule has 1 aromatic rings. The molecule has 3 nitrogen and oxygen atoms in total. The minimum atomic E-state index is 0.890. The first-order valence-electron chi connectivity index (χ1n) is 6.89. The van der Waals surface area contributed by atoms with Crippen LogP contribution in [-0.4, -0.2) is 36.1 Å². The van der Waals surface area contributed by atoms with Gasteiger partial charge in [0.15, 0.2) is 0 Å². The van der Waals surface area contributed by atoms with Gasteiger partial charge in [-0.2, -0.15) is 0 Å². The van der Waals surface area contributed by atoms with Crippen LogP contribution in [0.15, 0.2) is 31.0 Å². The fraction of sp³-hybridized carbons (Fsp3) is 0.533. The van der Waals surface area contributed by atoms with Crippen LogP contribution in [0.5, 0.6) is 0 Å². The van der Waals surface area contributed by atoms with Crippen LogP contribution in [-0.2, 0) is 6.54 Å². The van der Waals surface area contributed by atoms with E-state index in [4.69, 9.17) is 0 Å². The summed E-state index contributed by atoms with van der Waals surface area (Å²) in [5, 5.41) is 0. The largest absolute Gasteiger partial charge is 0.351 e. The molecule has 3 rings (SSSR count). The molecule has 0 amide bonds. The highest BCUT2D eigenvalue weighted by atomic mass is 15.2. The Morgan fingerprint density at radius 3 is 3.06 bits per heavy atom. The Kier molecular flexibility index (Phi) is 3.33. The maximum Gasteiger partial charge on any atom is 0.133 e. The summed E-state index contributed by atoms with van der Waals surface area (Å²) >= 11 is 0. The number of fused-ring (bicyclic) bond motifs is 1. The third-order valence-electron chi connectivity index (χ3n) is 3.81. The summed E-state index contributed by atoms with van der Waals surface area (Å²) in [7, 11) is 0. The zero-order valence-electron chi connectivity index (χ0n) is 10.9. The summed E-state index contributed by atoms with van der Waals surface area (Å²) < 4.78 is 0. The van der Waals surface area contributed by atoms with Gasteiger partial charge in [0.2, 0.25) is 0 Å². The molecule has 18 heavy (non-hydrogen) atoms. The molecule has 1 aliphatic heterocycles. The zero-order chi connectivity index (χ0) is 12.4. The Hall–Kier alpha value is -1.35. The van der Waals surface area contributed by atoms with Gasteiger partial charge in [-0.3, -0.25) is 4.90 Å². The first-order valence-corrected chi connectivity index (χ1v) is 6.89. The van der Waals surface area contributed by atoms with Crippen LogP contribution >= 0.6 is 0 Å². The van der Waals surface area contributed by atoms with Gasteiger partial charge in [-0.1, -0.05) is 12.1 Å². The van der Waals surface area contributed by atoms with E-state index in [0.717, 1.165) is 37.9 Å². The first kappa shape index (κ1) is 11.7. The van der Waals surface area contributed by atoms with Crippen LogP contribution in [0, 0.1) is 5.92 Å². The van der Waals surface area contributed by atoms with Crippen molar-refractivity contribution in [3.8, 4) is 0 Å². The second-order valence-electron chi connectivity index (χ2n) is 5.40. The molecule has 2 aliphatic rings. The lowest BCUT2D eigenvalue weighted by Gasteiger charge is -2.22. The average molecular weight is 243 g/mol. The van der Waals surface area contributed by atoms with Crippen LogP contribution in [0.2, 0.25) is 0 Å². The molecule has 0 saturated heterocycles. The van der Waals surface area contributed by atoms with Crippen LogP contribution in [0.4, 0.5) is 5.82 Å². The van der Waals surface area contributed by atoms with Crippen molar-refractivity contribution in [1.29, 1.82) is 0 Å². The van der Waals surface area contributed by atoms with E-state index in [9.17, 15) is 0 Å². The molecule has 0 bridgehead atoms. The second kappa shape index (κ2) is 5.11. The van der Waals surface area contributed by atoms with Gasteiger partial charge in [-0.25, -0.2) is 4.98 Å². The minimum absolute atomic E-state index is 0.890. The predicted molar refractivity (Wildman–Crippen MR) is 74.6 cm³/mol. The number of aromatic nitrogens is 1. The van der Waals surface area contributed by atoms with E-state index in [-0.39, 0.29) is 0 Å². The lowest BCUT2D eigenvalue weighted by molar-refractivity contribution is 0.266. The van der Waals surface area contributed by atoms with E-state index in [0.29, 0.717) is 0 Å². The summed E-state index contributed by atoms with van der Waals surface area (Å²) in [5.41, 5.74) is 1.36. The monoisotopic (exact) mass is 243 g/mol. The second-order valence-corrected chi connectivity index (χ2v) is 5.40. The number of hydrogen-bond acceptors (Lipinski definition) is 3. The van der Waals surface area contributed by atoms with Gasteiger partial charge in [0, 0.05) is 44.5 Å². The Morgan fingerprint density at radius 1 is 1.39 bits per heavy atom. The highest BCUT2D eigenvalue weighted by molar-refractivity contribution is 5.48. The van der Waals surface area contributed by atoms with Crippen molar-refractivity contribution in [2.75, 3.05) is 31.1 Å². The van der Waals surface area contributed by atoms with E-state index >= 15 is 0 Å². The Labute approximate surface area is 109 Å². The van der Waals surface area contributed by atoms with Crippen molar-refractivity contribution in [1.82, 2.24) is 9.88 Å². The van der Waals surface area contributed by atoms with E-state index in [1.54, 1.807) is 0 Å². The lowest BCUT2D eigenvalue weighted by atomic mass is 10.2. The molecule has 0 spiro atoms. The van der Waals surface area contributed by atoms with Crippen LogP contribution in [0.3, 0.4) is 0 Å². The van der Waals surface area contributed by atoms with Crippen molar-refractivity contribution in [3.05, 3.63) is 36.5 Å². The molecule has 0 N–H and O–H groups in total. The summed E-state index contributed by atoms with van der Waals surface area (Å²) in [6, 6.07) is 4.26. The molecule has 1 fully saturated rings. The van der Waals surface area contributed by atoms with Gasteiger partial charge in [0.25, 0.3) is 0 Å². The van der Waals surface area contributed by atoms with E-state index < -0.39 is 0 Å². The summed E-state index contributed by atoms with van der Waals surface area (Å²) in [4.78, 5) is 9.49. The van der Waals surface area contributed by atoms with Gasteiger partial charge in [-0.15, -0.1) is 6.58 Å². The number of anilines is 1. The van der Waals surface area contributed by atoms with Gasteiger partial charge in [0.1, 0.15) is 5.82 Å². The molecule has 3 heteroatoms. The van der Waals surface area contributed by atoms with Crippen molar-refractivity contribution < 1.29 is 0 Å². The molecule has 1 saturated carbocycles. The highest BCUT2D eigenvalue weighted by Crippen LogP contribution is 2.31. The SMILES string of the molecule is C=CCN1CCN(CC2CC2)Cc2cccnc21. The van der Waals surface area contributed by atoms with Gasteiger partial charge in [0.05, 0.1) is 0 Å². The molecule has 0 aromatic carbocycles. The highest BCUT2D eigenvalue weighted by Gasteiger charge is 2.27. The topological polar surface area (TPSA) is 19.4 Å². The van der Waals surface area contributed by atoms with Crippen molar-refractivity contribution in [2.24, 2.45) is 5.92 Å². The van der Waals surface area contributed by atoms with E-state index in [1.807, 2.05) is 18.3 Å². The molecular formula is C15H21N3. The Bertz CT molecular complexity index is 426. The van der Waals surface area contributed by atoms with Crippen molar-refractivity contribution in [2.45, 2.75) is 19.4 Å². The molecular weight excluding hydrogens is 222 g/mol. The van der Waals surface area contributed by atoms with Crippen molar-refractivity contribution >= 4 is 5.82 Å². The summed E-state index contributed by atoms with van der Waals surface area (Å²) in [6.07, 6.45) is 6.71. The normalized spacial score (nSPS) is 20.3. The molecule has 1 aliphatic carbocycles. The van der Waals surface area contributed by atoms with Crippen LogP contribution in [0.25, 0.3) is 0 Å². The minimum Gasteiger partial charge on any atom is -0.351 e. The van der Waals surface area contributed by atoms with Crippen molar-refractivity contribution in [3.63, 3.8) is 0 Å². The zero-order valence-corrected chi connectivity index (χ0v) is 10.9. The number of hydrogen-bond donors (Lipinski definition) is 0. The first-order chi connectivity index (χ1) is 8.86. The smallest absolute Gasteiger partial charge is 0.133 e. The average Bonchev–Trinajstić information content (AvgIpc) is 3.19. The fourth-order valence-electron chi connectivity index (χ4n) is 2.68. The Balaban J connectivity index is 1.80. The van der Waals surface area contributed by atoms with E-state index in [1.165, 1.54) is 24.9 Å². The number of rotatable bonds is 4.